The summed E-state index contributed by atoms with van der Waals surface area (Å²) in [5.74, 6) is 6.80. The van der Waals surface area contributed by atoms with Crippen LogP contribution in [0.1, 0.15) is 24.8 Å². The Labute approximate surface area is 119 Å². The Hall–Kier alpha value is -1.99. The smallest absolute Gasteiger partial charge is 0.222 e. The highest BCUT2D eigenvalue weighted by atomic mass is 16.5. The first-order valence-electron chi connectivity index (χ1n) is 6.99. The number of amides is 1. The molecule has 1 aliphatic rings. The van der Waals surface area contributed by atoms with Gasteiger partial charge in [0.05, 0.1) is 13.1 Å². The molecule has 0 unspecified atom stereocenters. The average Bonchev–Trinajstić information content (AvgIpc) is 2.48. The quantitative estimate of drug-likeness (QED) is 0.843. The van der Waals surface area contributed by atoms with E-state index in [0.717, 1.165) is 30.7 Å². The van der Waals surface area contributed by atoms with Crippen molar-refractivity contribution in [2.24, 2.45) is 5.73 Å². The number of rotatable bonds is 4. The van der Waals surface area contributed by atoms with E-state index in [4.69, 9.17) is 10.5 Å². The van der Waals surface area contributed by atoms with Crippen LogP contribution in [0.2, 0.25) is 0 Å². The molecule has 1 heterocycles. The zero-order valence-electron chi connectivity index (χ0n) is 11.6. The van der Waals surface area contributed by atoms with Crippen LogP contribution in [-0.4, -0.2) is 37.0 Å². The molecular formula is C16H20N2O2. The highest BCUT2D eigenvalue weighted by Crippen LogP contribution is 2.14. The third kappa shape index (κ3) is 4.29. The lowest BCUT2D eigenvalue weighted by Gasteiger charge is -2.26. The summed E-state index contributed by atoms with van der Waals surface area (Å²) in [7, 11) is 0. The van der Waals surface area contributed by atoms with Crippen LogP contribution in [0.15, 0.2) is 24.3 Å². The number of nitrogens with two attached hydrogens (primary N) is 1. The molecule has 0 saturated carbocycles. The molecule has 1 saturated heterocycles. The van der Waals surface area contributed by atoms with Gasteiger partial charge in [0.25, 0.3) is 0 Å². The molecule has 2 rings (SSSR count). The van der Waals surface area contributed by atoms with E-state index in [9.17, 15) is 4.79 Å². The number of piperidine rings is 1. The van der Waals surface area contributed by atoms with E-state index < -0.39 is 0 Å². The van der Waals surface area contributed by atoms with Crippen molar-refractivity contribution in [1.29, 1.82) is 0 Å². The minimum Gasteiger partial charge on any atom is -0.492 e. The number of carbonyl (C=O) groups is 1. The summed E-state index contributed by atoms with van der Waals surface area (Å²) in [6, 6.07) is 7.61. The number of hydrogen-bond acceptors (Lipinski definition) is 3. The van der Waals surface area contributed by atoms with Crippen LogP contribution in [0.25, 0.3) is 0 Å². The second kappa shape index (κ2) is 7.56. The fraction of sp³-hybridized carbons (Fsp3) is 0.438. The molecule has 1 aliphatic heterocycles. The van der Waals surface area contributed by atoms with Crippen LogP contribution < -0.4 is 10.5 Å². The predicted molar refractivity (Wildman–Crippen MR) is 78.3 cm³/mol. The lowest BCUT2D eigenvalue weighted by atomic mass is 10.1. The van der Waals surface area contributed by atoms with Crippen molar-refractivity contribution in [2.45, 2.75) is 19.3 Å². The van der Waals surface area contributed by atoms with Crippen molar-refractivity contribution in [2.75, 3.05) is 26.2 Å². The largest absolute Gasteiger partial charge is 0.492 e. The van der Waals surface area contributed by atoms with Gasteiger partial charge in [0.2, 0.25) is 5.91 Å². The highest BCUT2D eigenvalue weighted by molar-refractivity contribution is 5.76. The number of benzene rings is 1. The fourth-order valence-corrected chi connectivity index (χ4v) is 2.19. The van der Waals surface area contributed by atoms with Crippen molar-refractivity contribution in [1.82, 2.24) is 4.90 Å². The summed E-state index contributed by atoms with van der Waals surface area (Å²) < 4.78 is 5.68. The van der Waals surface area contributed by atoms with Crippen molar-refractivity contribution in [3.63, 3.8) is 0 Å². The van der Waals surface area contributed by atoms with Gasteiger partial charge in [0.1, 0.15) is 12.4 Å². The molecule has 1 aromatic rings. The van der Waals surface area contributed by atoms with E-state index in [1.165, 1.54) is 0 Å². The zero-order chi connectivity index (χ0) is 14.2. The Balaban J connectivity index is 1.83. The van der Waals surface area contributed by atoms with Crippen LogP contribution in [0.4, 0.5) is 0 Å². The van der Waals surface area contributed by atoms with Gasteiger partial charge in [-0.15, -0.1) is 0 Å². The van der Waals surface area contributed by atoms with E-state index in [2.05, 4.69) is 11.8 Å². The maximum Gasteiger partial charge on any atom is 0.222 e. The predicted octanol–water partition coefficient (Wildman–Crippen LogP) is 1.39. The Kier molecular flexibility index (Phi) is 5.45. The topological polar surface area (TPSA) is 55.6 Å². The van der Waals surface area contributed by atoms with Crippen LogP contribution in [0.5, 0.6) is 5.75 Å². The third-order valence-corrected chi connectivity index (χ3v) is 3.22. The van der Waals surface area contributed by atoms with Crippen molar-refractivity contribution in [3.05, 3.63) is 29.8 Å². The summed E-state index contributed by atoms with van der Waals surface area (Å²) in [5.41, 5.74) is 6.24. The van der Waals surface area contributed by atoms with E-state index in [-0.39, 0.29) is 5.91 Å². The molecule has 20 heavy (non-hydrogen) atoms. The molecule has 1 fully saturated rings. The SMILES string of the molecule is NCC#Cc1cccc(OCCN2CCCCC2=O)c1. The molecule has 0 atom stereocenters. The standard InChI is InChI=1S/C16H20N2O2/c17-9-4-6-14-5-3-7-15(13-14)20-12-11-18-10-2-1-8-16(18)19/h3,5,7,13H,1-2,8-12,17H2. The molecule has 0 aliphatic carbocycles. The molecular weight excluding hydrogens is 252 g/mol. The molecule has 0 spiro atoms. The van der Waals surface area contributed by atoms with Crippen LogP contribution in [-0.2, 0) is 4.79 Å². The first-order chi connectivity index (χ1) is 9.79. The van der Waals surface area contributed by atoms with Crippen molar-refractivity contribution >= 4 is 5.91 Å². The lowest BCUT2D eigenvalue weighted by molar-refractivity contribution is -0.133. The Morgan fingerprint density at radius 1 is 1.35 bits per heavy atom. The summed E-state index contributed by atoms with van der Waals surface area (Å²) in [6.07, 6.45) is 2.78. The molecule has 4 heteroatoms. The van der Waals surface area contributed by atoms with Crippen LogP contribution in [0.3, 0.4) is 0 Å². The molecule has 106 valence electrons. The monoisotopic (exact) mass is 272 g/mol. The van der Waals surface area contributed by atoms with Crippen LogP contribution >= 0.6 is 0 Å². The summed E-state index contributed by atoms with van der Waals surface area (Å²) >= 11 is 0. The summed E-state index contributed by atoms with van der Waals surface area (Å²) in [5, 5.41) is 0. The summed E-state index contributed by atoms with van der Waals surface area (Å²) in [6.45, 7) is 2.36. The fourth-order valence-electron chi connectivity index (χ4n) is 2.19. The molecule has 0 aromatic heterocycles. The van der Waals surface area contributed by atoms with Gasteiger partial charge in [-0.05, 0) is 31.0 Å². The highest BCUT2D eigenvalue weighted by Gasteiger charge is 2.17. The molecule has 1 aromatic carbocycles. The second-order valence-electron chi connectivity index (χ2n) is 4.72. The first-order valence-corrected chi connectivity index (χ1v) is 6.99. The maximum atomic E-state index is 11.6. The van der Waals surface area contributed by atoms with Gasteiger partial charge in [-0.25, -0.2) is 0 Å². The van der Waals surface area contributed by atoms with Gasteiger partial charge in [-0.2, -0.15) is 0 Å². The minimum atomic E-state index is 0.238. The van der Waals surface area contributed by atoms with Crippen molar-refractivity contribution in [3.8, 4) is 17.6 Å². The molecule has 0 bridgehead atoms. The Morgan fingerprint density at radius 2 is 2.25 bits per heavy atom. The zero-order valence-corrected chi connectivity index (χ0v) is 11.6. The van der Waals surface area contributed by atoms with E-state index >= 15 is 0 Å². The average molecular weight is 272 g/mol. The number of likely N-dealkylation sites (tertiary alicyclic amines) is 1. The first kappa shape index (κ1) is 14.4. The van der Waals surface area contributed by atoms with Gasteiger partial charge in [0.15, 0.2) is 0 Å². The maximum absolute atomic E-state index is 11.6. The van der Waals surface area contributed by atoms with Crippen LogP contribution in [0, 0.1) is 11.8 Å². The minimum absolute atomic E-state index is 0.238. The van der Waals surface area contributed by atoms with E-state index in [0.29, 0.717) is 26.1 Å². The van der Waals surface area contributed by atoms with Gasteiger partial charge >= 0.3 is 0 Å². The van der Waals surface area contributed by atoms with Gasteiger partial charge in [-0.3, -0.25) is 4.79 Å². The molecule has 1 amide bonds. The molecule has 2 N–H and O–H groups in total. The Morgan fingerprint density at radius 3 is 3.05 bits per heavy atom. The number of hydrogen-bond donors (Lipinski definition) is 1. The summed E-state index contributed by atoms with van der Waals surface area (Å²) in [4.78, 5) is 13.5. The third-order valence-electron chi connectivity index (χ3n) is 3.22. The lowest BCUT2D eigenvalue weighted by Crippen LogP contribution is -2.38. The number of ether oxygens (including phenoxy) is 1. The molecule has 4 nitrogen and oxygen atoms in total. The van der Waals surface area contributed by atoms with E-state index in [1.54, 1.807) is 0 Å². The number of carbonyl (C=O) groups excluding carboxylic acids is 1. The number of nitrogens with zero attached hydrogens (tertiary/aromatic N) is 1. The van der Waals surface area contributed by atoms with Crippen molar-refractivity contribution < 1.29 is 9.53 Å². The van der Waals surface area contributed by atoms with Gasteiger partial charge < -0.3 is 15.4 Å². The second-order valence-corrected chi connectivity index (χ2v) is 4.72. The normalized spacial score (nSPS) is 14.7. The van der Waals surface area contributed by atoms with E-state index in [1.807, 2.05) is 29.2 Å². The van der Waals surface area contributed by atoms with Gasteiger partial charge in [-0.1, -0.05) is 17.9 Å². The van der Waals surface area contributed by atoms with Gasteiger partial charge in [0, 0.05) is 18.5 Å². The Bertz CT molecular complexity index is 517. The molecule has 0 radical (unpaired) electrons.